The number of anilines is 1. The van der Waals surface area contributed by atoms with Gasteiger partial charge in [-0.05, 0) is 30.8 Å². The van der Waals surface area contributed by atoms with E-state index in [1.165, 1.54) is 17.8 Å². The molecule has 1 aromatic heterocycles. The smallest absolute Gasteiger partial charge is 0.251 e. The largest absolute Gasteiger partial charge is 0.497 e. The minimum absolute atomic E-state index is 0.169. The highest BCUT2D eigenvalue weighted by atomic mass is 32.2. The molecule has 0 spiro atoms. The SMILES string of the molecule is COc1ccc(Sc2nc(C)cc(=O)[nH]2)c(N)c1. The topological polar surface area (TPSA) is 81.0 Å². The molecular formula is C12H13N3O2S. The predicted octanol–water partition coefficient (Wildman–Crippen LogP) is 1.82. The summed E-state index contributed by atoms with van der Waals surface area (Å²) in [4.78, 5) is 19.0. The lowest BCUT2D eigenvalue weighted by Gasteiger charge is -2.07. The van der Waals surface area contributed by atoms with Gasteiger partial charge in [-0.2, -0.15) is 0 Å². The summed E-state index contributed by atoms with van der Waals surface area (Å²) in [5, 5.41) is 0.525. The molecule has 0 amide bonds. The molecule has 0 atom stereocenters. The normalized spacial score (nSPS) is 10.3. The number of benzene rings is 1. The van der Waals surface area contributed by atoms with E-state index in [1.54, 1.807) is 20.1 Å². The summed E-state index contributed by atoms with van der Waals surface area (Å²) >= 11 is 1.31. The van der Waals surface area contributed by atoms with Gasteiger partial charge in [-0.1, -0.05) is 0 Å². The maximum absolute atomic E-state index is 11.3. The molecule has 3 N–H and O–H groups in total. The lowest BCUT2D eigenvalue weighted by Crippen LogP contribution is -2.08. The first-order valence-electron chi connectivity index (χ1n) is 5.28. The number of H-pyrrole nitrogens is 1. The maximum Gasteiger partial charge on any atom is 0.251 e. The van der Waals surface area contributed by atoms with Crippen molar-refractivity contribution in [2.45, 2.75) is 17.0 Å². The van der Waals surface area contributed by atoms with E-state index >= 15 is 0 Å². The molecule has 0 fully saturated rings. The van der Waals surface area contributed by atoms with Crippen LogP contribution in [0.15, 0.2) is 39.1 Å². The number of nitrogens with one attached hydrogen (secondary N) is 1. The number of hydrogen-bond acceptors (Lipinski definition) is 5. The van der Waals surface area contributed by atoms with Crippen molar-refractivity contribution in [3.8, 4) is 5.75 Å². The highest BCUT2D eigenvalue weighted by Crippen LogP contribution is 2.31. The number of nitrogens with zero attached hydrogens (tertiary/aromatic N) is 1. The van der Waals surface area contributed by atoms with Gasteiger partial charge in [-0.15, -0.1) is 0 Å². The van der Waals surface area contributed by atoms with Gasteiger partial charge in [0.15, 0.2) is 5.16 Å². The predicted molar refractivity (Wildman–Crippen MR) is 71.1 cm³/mol. The fourth-order valence-corrected chi connectivity index (χ4v) is 2.31. The van der Waals surface area contributed by atoms with Crippen LogP contribution in [0.25, 0.3) is 0 Å². The fourth-order valence-electron chi connectivity index (χ4n) is 1.45. The minimum Gasteiger partial charge on any atom is -0.497 e. The molecule has 0 saturated carbocycles. The second kappa shape index (κ2) is 5.14. The third-order valence-electron chi connectivity index (χ3n) is 2.27. The third kappa shape index (κ3) is 2.84. The van der Waals surface area contributed by atoms with Crippen LogP contribution in [0.3, 0.4) is 0 Å². The molecule has 1 aromatic carbocycles. The molecule has 18 heavy (non-hydrogen) atoms. The van der Waals surface area contributed by atoms with Gasteiger partial charge in [-0.25, -0.2) is 4.98 Å². The molecule has 0 unspecified atom stereocenters. The Bertz CT molecular complexity index is 625. The lowest BCUT2D eigenvalue weighted by atomic mass is 10.3. The fraction of sp³-hybridized carbons (Fsp3) is 0.167. The molecule has 0 aliphatic carbocycles. The molecule has 1 heterocycles. The molecule has 0 aliphatic heterocycles. The molecule has 0 bridgehead atoms. The van der Waals surface area contributed by atoms with E-state index in [0.717, 1.165) is 4.90 Å². The Morgan fingerprint density at radius 3 is 2.78 bits per heavy atom. The van der Waals surface area contributed by atoms with E-state index in [0.29, 0.717) is 22.3 Å². The van der Waals surface area contributed by atoms with Crippen molar-refractivity contribution in [3.05, 3.63) is 40.3 Å². The molecular weight excluding hydrogens is 250 g/mol. The first-order chi connectivity index (χ1) is 8.58. The monoisotopic (exact) mass is 263 g/mol. The Labute approximate surface area is 108 Å². The summed E-state index contributed by atoms with van der Waals surface area (Å²) in [5.74, 6) is 0.697. The number of nitrogen functional groups attached to an aromatic ring is 1. The number of methoxy groups -OCH3 is 1. The van der Waals surface area contributed by atoms with Crippen LogP contribution in [0.2, 0.25) is 0 Å². The molecule has 0 radical (unpaired) electrons. The molecule has 0 aliphatic rings. The van der Waals surface area contributed by atoms with Crippen LogP contribution < -0.4 is 16.0 Å². The highest BCUT2D eigenvalue weighted by molar-refractivity contribution is 7.99. The minimum atomic E-state index is -0.169. The number of ether oxygens (including phenoxy) is 1. The Balaban J connectivity index is 2.31. The van der Waals surface area contributed by atoms with E-state index in [9.17, 15) is 4.79 Å². The molecule has 6 heteroatoms. The van der Waals surface area contributed by atoms with E-state index in [1.807, 2.05) is 12.1 Å². The van der Waals surface area contributed by atoms with E-state index in [2.05, 4.69) is 9.97 Å². The Hall–Kier alpha value is -1.95. The van der Waals surface area contributed by atoms with Crippen LogP contribution in [0.4, 0.5) is 5.69 Å². The number of rotatable bonds is 3. The zero-order valence-electron chi connectivity index (χ0n) is 10.1. The van der Waals surface area contributed by atoms with Crippen molar-refractivity contribution >= 4 is 17.4 Å². The Morgan fingerprint density at radius 1 is 1.39 bits per heavy atom. The standard InChI is InChI=1S/C12H13N3O2S/c1-7-5-11(16)15-12(14-7)18-10-4-3-8(17-2)6-9(10)13/h3-6H,13H2,1-2H3,(H,14,15,16). The quantitative estimate of drug-likeness (QED) is 0.652. The third-order valence-corrected chi connectivity index (χ3v) is 3.25. The highest BCUT2D eigenvalue weighted by Gasteiger charge is 2.06. The van der Waals surface area contributed by atoms with Gasteiger partial charge >= 0.3 is 0 Å². The average molecular weight is 263 g/mol. The maximum atomic E-state index is 11.3. The molecule has 5 nitrogen and oxygen atoms in total. The lowest BCUT2D eigenvalue weighted by molar-refractivity contribution is 0.415. The van der Waals surface area contributed by atoms with Gasteiger partial charge in [-0.3, -0.25) is 4.79 Å². The summed E-state index contributed by atoms with van der Waals surface area (Å²) < 4.78 is 5.08. The Morgan fingerprint density at radius 2 is 2.17 bits per heavy atom. The molecule has 2 aromatic rings. The van der Waals surface area contributed by atoms with Gasteiger partial charge in [0.1, 0.15) is 5.75 Å². The van der Waals surface area contributed by atoms with Gasteiger partial charge < -0.3 is 15.5 Å². The van der Waals surface area contributed by atoms with Gasteiger partial charge in [0.2, 0.25) is 0 Å². The van der Waals surface area contributed by atoms with E-state index < -0.39 is 0 Å². The number of aromatic nitrogens is 2. The first kappa shape index (κ1) is 12.5. The van der Waals surface area contributed by atoms with Crippen molar-refractivity contribution in [1.29, 1.82) is 0 Å². The molecule has 0 saturated heterocycles. The van der Waals surface area contributed by atoms with Crippen LogP contribution in [0, 0.1) is 6.92 Å². The van der Waals surface area contributed by atoms with Gasteiger partial charge in [0.25, 0.3) is 5.56 Å². The summed E-state index contributed by atoms with van der Waals surface area (Å²) in [7, 11) is 1.58. The van der Waals surface area contributed by atoms with E-state index in [-0.39, 0.29) is 5.56 Å². The Kier molecular flexibility index (Phi) is 3.57. The summed E-state index contributed by atoms with van der Waals surface area (Å²) in [6.07, 6.45) is 0. The summed E-state index contributed by atoms with van der Waals surface area (Å²) in [5.41, 5.74) is 6.99. The van der Waals surface area contributed by atoms with Crippen LogP contribution in [-0.2, 0) is 0 Å². The van der Waals surface area contributed by atoms with Crippen molar-refractivity contribution in [1.82, 2.24) is 9.97 Å². The number of aryl methyl sites for hydroxylation is 1. The molecule has 2 rings (SSSR count). The van der Waals surface area contributed by atoms with Crippen molar-refractivity contribution in [2.75, 3.05) is 12.8 Å². The first-order valence-corrected chi connectivity index (χ1v) is 6.09. The van der Waals surface area contributed by atoms with E-state index in [4.69, 9.17) is 10.5 Å². The van der Waals surface area contributed by atoms with Crippen molar-refractivity contribution in [2.24, 2.45) is 0 Å². The van der Waals surface area contributed by atoms with Crippen LogP contribution in [0.5, 0.6) is 5.75 Å². The number of hydrogen-bond donors (Lipinski definition) is 2. The van der Waals surface area contributed by atoms with Crippen molar-refractivity contribution < 1.29 is 4.74 Å². The number of aromatic amines is 1. The summed E-state index contributed by atoms with van der Waals surface area (Å²) in [6, 6.07) is 6.82. The number of nitrogens with two attached hydrogens (primary N) is 1. The van der Waals surface area contributed by atoms with Crippen LogP contribution in [-0.4, -0.2) is 17.1 Å². The average Bonchev–Trinajstić information content (AvgIpc) is 2.30. The van der Waals surface area contributed by atoms with Crippen LogP contribution >= 0.6 is 11.8 Å². The summed E-state index contributed by atoms with van der Waals surface area (Å²) in [6.45, 7) is 1.77. The van der Waals surface area contributed by atoms with Gasteiger partial charge in [0, 0.05) is 28.4 Å². The second-order valence-corrected chi connectivity index (χ2v) is 4.73. The van der Waals surface area contributed by atoms with Crippen LogP contribution in [0.1, 0.15) is 5.69 Å². The second-order valence-electron chi connectivity index (χ2n) is 3.70. The zero-order valence-corrected chi connectivity index (χ0v) is 10.9. The van der Waals surface area contributed by atoms with Crippen molar-refractivity contribution in [3.63, 3.8) is 0 Å². The zero-order chi connectivity index (χ0) is 13.1. The molecule has 94 valence electrons. The van der Waals surface area contributed by atoms with Gasteiger partial charge in [0.05, 0.1) is 7.11 Å².